The highest BCUT2D eigenvalue weighted by atomic mass is 16.1. The van der Waals surface area contributed by atoms with Crippen LogP contribution in [0.2, 0.25) is 0 Å². The van der Waals surface area contributed by atoms with Crippen LogP contribution in [0.3, 0.4) is 0 Å². The molecule has 0 spiro atoms. The van der Waals surface area contributed by atoms with Crippen molar-refractivity contribution in [3.8, 4) is 11.8 Å². The highest BCUT2D eigenvalue weighted by molar-refractivity contribution is 5.99. The number of aryl methyl sites for hydroxylation is 1. The number of amides is 1. The quantitative estimate of drug-likeness (QED) is 0.579. The highest BCUT2D eigenvalue weighted by Gasteiger charge is 2.14. The Bertz CT molecular complexity index is 377. The third-order valence-electron chi connectivity index (χ3n) is 1.72. The zero-order valence-corrected chi connectivity index (χ0v) is 8.14. The maximum absolute atomic E-state index is 11.5. The average molecular weight is 192 g/mol. The van der Waals surface area contributed by atoms with Crippen LogP contribution in [-0.4, -0.2) is 22.6 Å². The van der Waals surface area contributed by atoms with Crippen LogP contribution in [-0.2, 0) is 0 Å². The second kappa shape index (κ2) is 4.33. The molecule has 1 amide bonds. The summed E-state index contributed by atoms with van der Waals surface area (Å²) in [5.74, 6) is 5.36. The van der Waals surface area contributed by atoms with E-state index in [0.29, 0.717) is 17.8 Å². The fourth-order valence-electron chi connectivity index (χ4n) is 1.04. The number of carbonyl (C=O) groups is 1. The van der Waals surface area contributed by atoms with Crippen molar-refractivity contribution in [2.45, 2.75) is 13.8 Å². The molecule has 0 aromatic carbocycles. The second-order valence-corrected chi connectivity index (χ2v) is 2.72. The van der Waals surface area contributed by atoms with Crippen LogP contribution in [0.5, 0.6) is 0 Å². The molecule has 74 valence electrons. The van der Waals surface area contributed by atoms with E-state index in [9.17, 15) is 4.79 Å². The van der Waals surface area contributed by atoms with E-state index in [-0.39, 0.29) is 11.7 Å². The van der Waals surface area contributed by atoms with Crippen molar-refractivity contribution in [2.75, 3.05) is 12.3 Å². The van der Waals surface area contributed by atoms with Crippen LogP contribution in [0, 0.1) is 18.8 Å². The van der Waals surface area contributed by atoms with Gasteiger partial charge in [-0.1, -0.05) is 5.92 Å². The summed E-state index contributed by atoms with van der Waals surface area (Å²) in [4.78, 5) is 11.5. The monoisotopic (exact) mass is 192 g/mol. The topological polar surface area (TPSA) is 83.8 Å². The molecular formula is C9H12N4O. The van der Waals surface area contributed by atoms with Gasteiger partial charge in [-0.05, 0) is 13.8 Å². The molecule has 0 atom stereocenters. The van der Waals surface area contributed by atoms with Crippen molar-refractivity contribution < 1.29 is 4.79 Å². The Labute approximate surface area is 82.1 Å². The third-order valence-corrected chi connectivity index (χ3v) is 1.72. The smallest absolute Gasteiger partial charge is 0.257 e. The number of nitrogen functional groups attached to an aromatic ring is 1. The van der Waals surface area contributed by atoms with E-state index in [4.69, 9.17) is 5.73 Å². The number of rotatable bonds is 2. The first-order valence-corrected chi connectivity index (χ1v) is 4.15. The van der Waals surface area contributed by atoms with Gasteiger partial charge in [0.15, 0.2) is 5.82 Å². The van der Waals surface area contributed by atoms with E-state index >= 15 is 0 Å². The van der Waals surface area contributed by atoms with Crippen LogP contribution in [0.25, 0.3) is 0 Å². The zero-order chi connectivity index (χ0) is 10.6. The minimum Gasteiger partial charge on any atom is -0.382 e. The lowest BCUT2D eigenvalue weighted by atomic mass is 10.2. The molecule has 1 aromatic rings. The Morgan fingerprint density at radius 3 is 2.93 bits per heavy atom. The number of nitrogens with two attached hydrogens (primary N) is 1. The van der Waals surface area contributed by atoms with Gasteiger partial charge < -0.3 is 11.1 Å². The predicted molar refractivity (Wildman–Crippen MR) is 53.5 cm³/mol. The lowest BCUT2D eigenvalue weighted by Crippen LogP contribution is -2.24. The van der Waals surface area contributed by atoms with Crippen molar-refractivity contribution in [2.24, 2.45) is 0 Å². The van der Waals surface area contributed by atoms with Crippen molar-refractivity contribution in [1.82, 2.24) is 15.5 Å². The number of H-pyrrole nitrogens is 1. The largest absolute Gasteiger partial charge is 0.382 e. The zero-order valence-electron chi connectivity index (χ0n) is 8.14. The van der Waals surface area contributed by atoms with Crippen LogP contribution >= 0.6 is 0 Å². The van der Waals surface area contributed by atoms with Gasteiger partial charge in [0.1, 0.15) is 5.56 Å². The van der Waals surface area contributed by atoms with E-state index in [0.717, 1.165) is 0 Å². The number of hydrogen-bond acceptors (Lipinski definition) is 3. The molecule has 5 heteroatoms. The van der Waals surface area contributed by atoms with E-state index in [1.165, 1.54) is 0 Å². The third kappa shape index (κ3) is 2.04. The molecule has 5 nitrogen and oxygen atoms in total. The Kier molecular flexibility index (Phi) is 3.13. The molecular weight excluding hydrogens is 180 g/mol. The molecule has 0 radical (unpaired) electrons. The highest BCUT2D eigenvalue weighted by Crippen LogP contribution is 2.11. The molecule has 0 aliphatic carbocycles. The van der Waals surface area contributed by atoms with Crippen molar-refractivity contribution >= 4 is 11.7 Å². The van der Waals surface area contributed by atoms with E-state index in [1.807, 2.05) is 0 Å². The molecule has 0 saturated carbocycles. The van der Waals surface area contributed by atoms with Gasteiger partial charge >= 0.3 is 0 Å². The lowest BCUT2D eigenvalue weighted by molar-refractivity contribution is 0.0959. The molecule has 0 unspecified atom stereocenters. The van der Waals surface area contributed by atoms with Gasteiger partial charge in [0.05, 0.1) is 6.54 Å². The molecule has 0 saturated heterocycles. The lowest BCUT2D eigenvalue weighted by Gasteiger charge is -2.00. The Balaban J connectivity index is 2.72. The Hall–Kier alpha value is -1.96. The molecule has 1 heterocycles. The number of aromatic amines is 1. The summed E-state index contributed by atoms with van der Waals surface area (Å²) in [6, 6.07) is 0. The fourth-order valence-corrected chi connectivity index (χ4v) is 1.04. The first-order valence-electron chi connectivity index (χ1n) is 4.15. The Morgan fingerprint density at radius 2 is 2.43 bits per heavy atom. The molecule has 14 heavy (non-hydrogen) atoms. The summed E-state index contributed by atoms with van der Waals surface area (Å²) in [6.07, 6.45) is 0. The minimum absolute atomic E-state index is 0.212. The molecule has 0 fully saturated rings. The van der Waals surface area contributed by atoms with Gasteiger partial charge in [-0.3, -0.25) is 9.89 Å². The van der Waals surface area contributed by atoms with Gasteiger partial charge in [-0.2, -0.15) is 5.10 Å². The number of carbonyl (C=O) groups excluding carboxylic acids is 1. The summed E-state index contributed by atoms with van der Waals surface area (Å²) in [5, 5.41) is 8.97. The number of anilines is 1. The van der Waals surface area contributed by atoms with E-state index in [2.05, 4.69) is 27.4 Å². The maximum Gasteiger partial charge on any atom is 0.257 e. The van der Waals surface area contributed by atoms with Gasteiger partial charge in [-0.25, -0.2) is 0 Å². The molecule has 1 aromatic heterocycles. The molecule has 0 bridgehead atoms. The number of nitrogens with one attached hydrogen (secondary N) is 2. The SMILES string of the molecule is CC#CCNC(=O)c1c(N)n[nH]c1C. The summed E-state index contributed by atoms with van der Waals surface area (Å²) < 4.78 is 0. The fraction of sp³-hybridized carbons (Fsp3) is 0.333. The van der Waals surface area contributed by atoms with Crippen LogP contribution in [0.15, 0.2) is 0 Å². The van der Waals surface area contributed by atoms with Gasteiger partial charge in [0.2, 0.25) is 0 Å². The van der Waals surface area contributed by atoms with Gasteiger partial charge in [0, 0.05) is 5.69 Å². The molecule has 4 N–H and O–H groups in total. The molecule has 1 rings (SSSR count). The van der Waals surface area contributed by atoms with Crippen LogP contribution < -0.4 is 11.1 Å². The average Bonchev–Trinajstić information content (AvgIpc) is 2.46. The first-order chi connectivity index (χ1) is 6.66. The van der Waals surface area contributed by atoms with E-state index < -0.39 is 0 Å². The molecule has 0 aliphatic rings. The predicted octanol–water partition coefficient (Wildman–Crippen LogP) is 0.0534. The van der Waals surface area contributed by atoms with E-state index in [1.54, 1.807) is 13.8 Å². The molecule has 0 aliphatic heterocycles. The van der Waals surface area contributed by atoms with Gasteiger partial charge in [-0.15, -0.1) is 5.92 Å². The normalized spacial score (nSPS) is 9.00. The van der Waals surface area contributed by atoms with Crippen LogP contribution in [0.4, 0.5) is 5.82 Å². The van der Waals surface area contributed by atoms with Crippen molar-refractivity contribution in [3.05, 3.63) is 11.3 Å². The van der Waals surface area contributed by atoms with Crippen molar-refractivity contribution in [1.29, 1.82) is 0 Å². The number of nitrogens with zero attached hydrogens (tertiary/aromatic N) is 1. The summed E-state index contributed by atoms with van der Waals surface area (Å²) in [6.45, 7) is 3.77. The van der Waals surface area contributed by atoms with Gasteiger partial charge in [0.25, 0.3) is 5.91 Å². The van der Waals surface area contributed by atoms with Crippen molar-refractivity contribution in [3.63, 3.8) is 0 Å². The summed E-state index contributed by atoms with van der Waals surface area (Å²) in [5.41, 5.74) is 6.56. The number of aromatic nitrogens is 2. The van der Waals surface area contributed by atoms with Crippen LogP contribution in [0.1, 0.15) is 23.0 Å². The minimum atomic E-state index is -0.253. The summed E-state index contributed by atoms with van der Waals surface area (Å²) in [7, 11) is 0. The summed E-state index contributed by atoms with van der Waals surface area (Å²) >= 11 is 0. The Morgan fingerprint density at radius 1 is 1.71 bits per heavy atom. The standard InChI is InChI=1S/C9H12N4O/c1-3-4-5-11-9(14)7-6(2)12-13-8(7)10/h5H2,1-2H3,(H,11,14)(H3,10,12,13). The first kappa shape index (κ1) is 10.1. The second-order valence-electron chi connectivity index (χ2n) is 2.72. The number of hydrogen-bond donors (Lipinski definition) is 3. The maximum atomic E-state index is 11.5.